The molecule has 1 aliphatic rings. The lowest BCUT2D eigenvalue weighted by Crippen LogP contribution is -2.38. The third kappa shape index (κ3) is 9.29. The second kappa shape index (κ2) is 15.3. The number of Topliss-reactive ketones (excluding diaryl/α,β-unsaturated/α-hetero) is 1. The summed E-state index contributed by atoms with van der Waals surface area (Å²) in [4.78, 5) is 57.5. The molecular formula is C32H32F2N2O5. The lowest BCUT2D eigenvalue weighted by molar-refractivity contribution is -0.191. The van der Waals surface area contributed by atoms with E-state index in [1.807, 2.05) is 19.1 Å². The van der Waals surface area contributed by atoms with Gasteiger partial charge in [0.1, 0.15) is 17.4 Å². The van der Waals surface area contributed by atoms with Crippen LogP contribution in [0.1, 0.15) is 39.9 Å². The van der Waals surface area contributed by atoms with Gasteiger partial charge in [-0.3, -0.25) is 14.4 Å². The number of carbonyl (C=O) groups is 3. The number of ketones is 1. The standard InChI is InChI=1S/C31H32F2N2O3.CO2/c1-21-5-11-24(12-6-21)31(38)35-19-27(29(36)4-2-3-22-7-13-25(32)14-8-22)28(20-35)30(37)34-18-17-23-9-15-26(33)16-10-23;2-1-3/h5-16,27-28H,2-4,17-20H2,1H3,(H,34,37);/t27-,28-;/m1./s1. The number of rotatable bonds is 10. The SMILES string of the molecule is Cc1ccc(C(=O)N2C[C@@H](C(=O)CCCc3ccc(F)cc3)[C@H](C(=O)NCCc3ccc(F)cc3)C2)cc1.O=C=O. The Morgan fingerprint density at radius 3 is 1.88 bits per heavy atom. The van der Waals surface area contributed by atoms with Gasteiger partial charge in [0.15, 0.2) is 0 Å². The van der Waals surface area contributed by atoms with Crippen LogP contribution in [0.3, 0.4) is 0 Å². The topological polar surface area (TPSA) is 101 Å². The Bertz CT molecular complexity index is 1280. The summed E-state index contributed by atoms with van der Waals surface area (Å²) in [6.45, 7) is 2.65. The lowest BCUT2D eigenvalue weighted by atomic mass is 9.88. The predicted molar refractivity (Wildman–Crippen MR) is 147 cm³/mol. The first-order valence-corrected chi connectivity index (χ1v) is 13.4. The van der Waals surface area contributed by atoms with Crippen molar-refractivity contribution < 1.29 is 32.8 Å². The zero-order chi connectivity index (χ0) is 29.8. The lowest BCUT2D eigenvalue weighted by Gasteiger charge is -2.17. The molecule has 0 spiro atoms. The maximum atomic E-state index is 13.3. The molecule has 0 aliphatic carbocycles. The Kier molecular flexibility index (Phi) is 11.6. The van der Waals surface area contributed by atoms with E-state index >= 15 is 0 Å². The van der Waals surface area contributed by atoms with Crippen LogP contribution in [0.2, 0.25) is 0 Å². The van der Waals surface area contributed by atoms with E-state index in [2.05, 4.69) is 5.32 Å². The minimum Gasteiger partial charge on any atom is -0.355 e. The zero-order valence-corrected chi connectivity index (χ0v) is 22.8. The Morgan fingerprint density at radius 1 is 0.805 bits per heavy atom. The highest BCUT2D eigenvalue weighted by Gasteiger charge is 2.43. The highest BCUT2D eigenvalue weighted by molar-refractivity contribution is 5.97. The Balaban J connectivity index is 0.00000147. The number of benzene rings is 3. The van der Waals surface area contributed by atoms with Crippen molar-refractivity contribution in [2.45, 2.75) is 32.6 Å². The Morgan fingerprint density at radius 2 is 1.32 bits per heavy atom. The molecule has 41 heavy (non-hydrogen) atoms. The molecule has 1 aliphatic heterocycles. The van der Waals surface area contributed by atoms with Crippen LogP contribution in [0.5, 0.6) is 0 Å². The van der Waals surface area contributed by atoms with E-state index in [0.717, 1.165) is 16.7 Å². The summed E-state index contributed by atoms with van der Waals surface area (Å²) in [5.74, 6) is -2.37. The first kappa shape index (κ1) is 31.0. The molecule has 7 nitrogen and oxygen atoms in total. The maximum absolute atomic E-state index is 13.3. The highest BCUT2D eigenvalue weighted by Crippen LogP contribution is 2.28. The van der Waals surface area contributed by atoms with Crippen LogP contribution in [0.25, 0.3) is 0 Å². The molecule has 4 rings (SSSR count). The van der Waals surface area contributed by atoms with Crippen LogP contribution >= 0.6 is 0 Å². The van der Waals surface area contributed by atoms with Gasteiger partial charge < -0.3 is 10.2 Å². The minimum absolute atomic E-state index is 0.0509. The number of nitrogens with one attached hydrogen (secondary N) is 1. The summed E-state index contributed by atoms with van der Waals surface area (Å²) in [5, 5.41) is 2.91. The van der Waals surface area contributed by atoms with Gasteiger partial charge >= 0.3 is 6.15 Å². The predicted octanol–water partition coefficient (Wildman–Crippen LogP) is 4.33. The Labute approximate surface area is 237 Å². The third-order valence-corrected chi connectivity index (χ3v) is 7.08. The molecule has 1 fully saturated rings. The van der Waals surface area contributed by atoms with Crippen LogP contribution < -0.4 is 5.32 Å². The van der Waals surface area contributed by atoms with Gasteiger partial charge in [-0.15, -0.1) is 0 Å². The van der Waals surface area contributed by atoms with E-state index in [9.17, 15) is 23.2 Å². The van der Waals surface area contributed by atoms with Crippen LogP contribution in [-0.2, 0) is 32.0 Å². The van der Waals surface area contributed by atoms with E-state index in [1.165, 1.54) is 24.3 Å². The quantitative estimate of drug-likeness (QED) is 0.397. The summed E-state index contributed by atoms with van der Waals surface area (Å²) in [7, 11) is 0. The van der Waals surface area contributed by atoms with E-state index in [-0.39, 0.29) is 54.9 Å². The molecule has 2 atom stereocenters. The smallest absolute Gasteiger partial charge is 0.355 e. The fourth-order valence-corrected chi connectivity index (χ4v) is 4.86. The fourth-order valence-electron chi connectivity index (χ4n) is 4.86. The van der Waals surface area contributed by atoms with Gasteiger partial charge in [-0.25, -0.2) is 8.78 Å². The van der Waals surface area contributed by atoms with Crippen LogP contribution in [0.15, 0.2) is 72.8 Å². The van der Waals surface area contributed by atoms with Crippen molar-refractivity contribution in [3.63, 3.8) is 0 Å². The molecule has 0 aromatic heterocycles. The molecule has 3 aromatic carbocycles. The number of carbonyl (C=O) groups excluding carboxylic acids is 5. The number of amides is 2. The summed E-state index contributed by atoms with van der Waals surface area (Å²) in [6.07, 6.45) is 2.25. The molecule has 1 heterocycles. The van der Waals surface area contributed by atoms with Gasteiger partial charge in [0.25, 0.3) is 5.91 Å². The van der Waals surface area contributed by atoms with E-state index in [0.29, 0.717) is 31.4 Å². The van der Waals surface area contributed by atoms with Crippen molar-refractivity contribution >= 4 is 23.7 Å². The first-order chi connectivity index (χ1) is 19.7. The third-order valence-electron chi connectivity index (χ3n) is 7.08. The molecule has 1 saturated heterocycles. The fraction of sp³-hybridized carbons (Fsp3) is 0.312. The molecule has 1 N–H and O–H groups in total. The van der Waals surface area contributed by atoms with Crippen LogP contribution in [0, 0.1) is 30.4 Å². The van der Waals surface area contributed by atoms with Crippen molar-refractivity contribution in [1.82, 2.24) is 10.2 Å². The monoisotopic (exact) mass is 562 g/mol. The van der Waals surface area contributed by atoms with Gasteiger partial charge in [-0.1, -0.05) is 42.0 Å². The van der Waals surface area contributed by atoms with E-state index in [4.69, 9.17) is 9.59 Å². The number of likely N-dealkylation sites (tertiary alicyclic amines) is 1. The molecule has 0 bridgehead atoms. The average molecular weight is 563 g/mol. The molecule has 0 radical (unpaired) electrons. The molecule has 3 aromatic rings. The van der Waals surface area contributed by atoms with Crippen molar-refractivity contribution in [2.24, 2.45) is 11.8 Å². The molecule has 214 valence electrons. The summed E-state index contributed by atoms with van der Waals surface area (Å²) < 4.78 is 26.3. The van der Waals surface area contributed by atoms with Crippen molar-refractivity contribution in [1.29, 1.82) is 0 Å². The number of hydrogen-bond donors (Lipinski definition) is 1. The largest absolute Gasteiger partial charge is 0.373 e. The second-order valence-corrected chi connectivity index (χ2v) is 9.99. The van der Waals surface area contributed by atoms with Crippen LogP contribution in [-0.4, -0.2) is 48.3 Å². The number of halogens is 2. The van der Waals surface area contributed by atoms with Crippen molar-refractivity contribution in [3.05, 3.63) is 107 Å². The number of nitrogens with zero attached hydrogens (tertiary/aromatic N) is 1. The van der Waals surface area contributed by atoms with E-state index in [1.54, 1.807) is 41.3 Å². The molecular weight excluding hydrogens is 530 g/mol. The summed E-state index contributed by atoms with van der Waals surface area (Å²) >= 11 is 0. The first-order valence-electron chi connectivity index (χ1n) is 13.4. The number of hydrogen-bond acceptors (Lipinski definition) is 5. The highest BCUT2D eigenvalue weighted by atomic mass is 19.1. The van der Waals surface area contributed by atoms with Gasteiger partial charge in [0.2, 0.25) is 5.91 Å². The molecule has 9 heteroatoms. The van der Waals surface area contributed by atoms with E-state index < -0.39 is 11.8 Å². The van der Waals surface area contributed by atoms with Gasteiger partial charge in [0, 0.05) is 37.5 Å². The van der Waals surface area contributed by atoms with Crippen LogP contribution in [0.4, 0.5) is 8.78 Å². The summed E-state index contributed by atoms with van der Waals surface area (Å²) in [5.41, 5.74) is 3.39. The molecule has 2 amide bonds. The average Bonchev–Trinajstić information content (AvgIpc) is 3.41. The minimum atomic E-state index is -0.643. The normalized spacial score (nSPS) is 15.8. The van der Waals surface area contributed by atoms with Crippen molar-refractivity contribution in [2.75, 3.05) is 19.6 Å². The van der Waals surface area contributed by atoms with Crippen molar-refractivity contribution in [3.8, 4) is 0 Å². The van der Waals surface area contributed by atoms with Gasteiger partial charge in [0.05, 0.1) is 5.92 Å². The molecule has 0 unspecified atom stereocenters. The maximum Gasteiger partial charge on any atom is 0.373 e. The molecule has 0 saturated carbocycles. The number of aryl methyl sites for hydroxylation is 2. The van der Waals surface area contributed by atoms with Gasteiger partial charge in [-0.2, -0.15) is 9.59 Å². The second-order valence-electron chi connectivity index (χ2n) is 9.99. The Hall–Kier alpha value is -4.49. The zero-order valence-electron chi connectivity index (χ0n) is 22.8. The summed E-state index contributed by atoms with van der Waals surface area (Å²) in [6, 6.07) is 19.5. The van der Waals surface area contributed by atoms with Gasteiger partial charge in [-0.05, 0) is 73.7 Å².